The van der Waals surface area contributed by atoms with E-state index in [0.717, 1.165) is 37.1 Å². The molecule has 0 atom stereocenters. The molecule has 1 aromatic rings. The molecular formula is C18H28F3N3O2. The van der Waals surface area contributed by atoms with Gasteiger partial charge in [0.1, 0.15) is 0 Å². The van der Waals surface area contributed by atoms with Crippen molar-refractivity contribution >= 4 is 5.96 Å². The summed E-state index contributed by atoms with van der Waals surface area (Å²) in [4.78, 5) is 4.12. The number of methoxy groups -OCH3 is 1. The van der Waals surface area contributed by atoms with E-state index >= 15 is 0 Å². The summed E-state index contributed by atoms with van der Waals surface area (Å²) in [5.41, 5.74) is 0.215. The van der Waals surface area contributed by atoms with Crippen molar-refractivity contribution in [2.75, 3.05) is 47.1 Å². The van der Waals surface area contributed by atoms with Crippen molar-refractivity contribution < 1.29 is 22.6 Å². The fraction of sp³-hybridized carbons (Fsp3) is 0.611. The summed E-state index contributed by atoms with van der Waals surface area (Å²) in [5.74, 6) is 0.678. The van der Waals surface area contributed by atoms with E-state index in [0.29, 0.717) is 38.7 Å². The fourth-order valence-corrected chi connectivity index (χ4v) is 2.19. The van der Waals surface area contributed by atoms with E-state index < -0.39 is 11.7 Å². The van der Waals surface area contributed by atoms with Gasteiger partial charge in [-0.05, 0) is 37.0 Å². The molecule has 0 amide bonds. The molecule has 0 saturated carbocycles. The molecule has 0 fully saturated rings. The Bertz CT molecular complexity index is 519. The molecule has 0 spiro atoms. The van der Waals surface area contributed by atoms with Crippen molar-refractivity contribution in [1.29, 1.82) is 0 Å². The first-order valence-electron chi connectivity index (χ1n) is 8.64. The lowest BCUT2D eigenvalue weighted by Gasteiger charge is -2.12. The normalized spacial score (nSPS) is 12.3. The van der Waals surface area contributed by atoms with Gasteiger partial charge in [-0.15, -0.1) is 0 Å². The first-order chi connectivity index (χ1) is 12.5. The second-order valence-corrected chi connectivity index (χ2v) is 5.68. The van der Waals surface area contributed by atoms with Crippen LogP contribution in [0.4, 0.5) is 13.2 Å². The fourth-order valence-electron chi connectivity index (χ4n) is 2.19. The molecule has 8 heteroatoms. The SMILES string of the molecule is CN=C(NCCCCOCCOC)NCCc1ccc(C(F)(F)F)cc1. The summed E-state index contributed by atoms with van der Waals surface area (Å²) in [6.45, 7) is 3.27. The minimum Gasteiger partial charge on any atom is -0.382 e. The Morgan fingerprint density at radius 1 is 1.00 bits per heavy atom. The van der Waals surface area contributed by atoms with Gasteiger partial charge in [0.15, 0.2) is 5.96 Å². The van der Waals surface area contributed by atoms with Crippen molar-refractivity contribution in [2.45, 2.75) is 25.4 Å². The summed E-state index contributed by atoms with van der Waals surface area (Å²) >= 11 is 0. The van der Waals surface area contributed by atoms with Gasteiger partial charge in [0.05, 0.1) is 18.8 Å². The number of guanidine groups is 1. The highest BCUT2D eigenvalue weighted by Crippen LogP contribution is 2.29. The molecule has 0 bridgehead atoms. The molecule has 0 unspecified atom stereocenters. The van der Waals surface area contributed by atoms with E-state index in [4.69, 9.17) is 9.47 Å². The number of hydrogen-bond donors (Lipinski definition) is 2. The van der Waals surface area contributed by atoms with Crippen molar-refractivity contribution in [3.05, 3.63) is 35.4 Å². The van der Waals surface area contributed by atoms with Gasteiger partial charge in [0.2, 0.25) is 0 Å². The highest BCUT2D eigenvalue weighted by Gasteiger charge is 2.29. The van der Waals surface area contributed by atoms with Gasteiger partial charge in [-0.3, -0.25) is 4.99 Å². The van der Waals surface area contributed by atoms with Gasteiger partial charge < -0.3 is 20.1 Å². The molecule has 0 radical (unpaired) electrons. The predicted molar refractivity (Wildman–Crippen MR) is 96.4 cm³/mol. The van der Waals surface area contributed by atoms with E-state index in [1.54, 1.807) is 14.2 Å². The average Bonchev–Trinajstić information content (AvgIpc) is 2.62. The summed E-state index contributed by atoms with van der Waals surface area (Å²) in [6, 6.07) is 5.22. The van der Waals surface area contributed by atoms with Crippen LogP contribution < -0.4 is 10.6 Å². The van der Waals surface area contributed by atoms with Crippen LogP contribution in [0.25, 0.3) is 0 Å². The standard InChI is InChI=1S/C18H28F3N3O2/c1-22-17(23-10-3-4-12-26-14-13-25-2)24-11-9-15-5-7-16(8-6-15)18(19,20)21/h5-8H,3-4,9-14H2,1-2H3,(H2,22,23,24). The van der Waals surface area contributed by atoms with Crippen LogP contribution in [0.2, 0.25) is 0 Å². The molecule has 0 heterocycles. The molecule has 0 aliphatic carbocycles. The van der Waals surface area contributed by atoms with Gasteiger partial charge in [0.25, 0.3) is 0 Å². The number of nitrogens with zero attached hydrogens (tertiary/aromatic N) is 1. The first-order valence-corrected chi connectivity index (χ1v) is 8.64. The lowest BCUT2D eigenvalue weighted by molar-refractivity contribution is -0.137. The van der Waals surface area contributed by atoms with Crippen molar-refractivity contribution in [1.82, 2.24) is 10.6 Å². The van der Waals surface area contributed by atoms with Gasteiger partial charge >= 0.3 is 6.18 Å². The quantitative estimate of drug-likeness (QED) is 0.355. The van der Waals surface area contributed by atoms with Crippen LogP contribution in [0.15, 0.2) is 29.3 Å². The Balaban J connectivity index is 2.16. The van der Waals surface area contributed by atoms with E-state index in [9.17, 15) is 13.2 Å². The Morgan fingerprint density at radius 2 is 1.69 bits per heavy atom. The highest BCUT2D eigenvalue weighted by molar-refractivity contribution is 5.79. The number of hydrogen-bond acceptors (Lipinski definition) is 3. The number of alkyl halides is 3. The molecule has 5 nitrogen and oxygen atoms in total. The number of rotatable bonds is 11. The third-order valence-corrected chi connectivity index (χ3v) is 3.65. The van der Waals surface area contributed by atoms with Gasteiger partial charge in [-0.25, -0.2) is 0 Å². The van der Waals surface area contributed by atoms with Crippen molar-refractivity contribution in [2.24, 2.45) is 4.99 Å². The van der Waals surface area contributed by atoms with Crippen molar-refractivity contribution in [3.8, 4) is 0 Å². The van der Waals surface area contributed by atoms with Crippen LogP contribution in [0.5, 0.6) is 0 Å². The molecule has 26 heavy (non-hydrogen) atoms. The third kappa shape index (κ3) is 9.62. The van der Waals surface area contributed by atoms with E-state index in [1.807, 2.05) is 0 Å². The smallest absolute Gasteiger partial charge is 0.382 e. The minimum atomic E-state index is -4.29. The second kappa shape index (κ2) is 12.5. The number of benzene rings is 1. The number of ether oxygens (including phenoxy) is 2. The minimum absolute atomic E-state index is 0.588. The van der Waals surface area contributed by atoms with Crippen molar-refractivity contribution in [3.63, 3.8) is 0 Å². The Hall–Kier alpha value is -1.80. The van der Waals surface area contributed by atoms with Crippen LogP contribution in [0.3, 0.4) is 0 Å². The van der Waals surface area contributed by atoms with Crippen LogP contribution in [-0.2, 0) is 22.1 Å². The zero-order valence-corrected chi connectivity index (χ0v) is 15.4. The predicted octanol–water partition coefficient (Wildman–Crippen LogP) is 2.86. The first kappa shape index (κ1) is 22.2. The van der Waals surface area contributed by atoms with Crippen LogP contribution >= 0.6 is 0 Å². The van der Waals surface area contributed by atoms with E-state index in [1.165, 1.54) is 12.1 Å². The lowest BCUT2D eigenvalue weighted by atomic mass is 10.1. The summed E-state index contributed by atoms with van der Waals surface area (Å²) in [7, 11) is 3.32. The third-order valence-electron chi connectivity index (χ3n) is 3.65. The molecular weight excluding hydrogens is 347 g/mol. The monoisotopic (exact) mass is 375 g/mol. The van der Waals surface area contributed by atoms with E-state index in [-0.39, 0.29) is 0 Å². The number of halogens is 3. The van der Waals surface area contributed by atoms with Crippen LogP contribution in [0, 0.1) is 0 Å². The molecule has 0 aromatic heterocycles. The maximum atomic E-state index is 12.5. The maximum Gasteiger partial charge on any atom is 0.416 e. The summed E-state index contributed by atoms with van der Waals surface area (Å²) in [6.07, 6.45) is -1.78. The molecule has 0 aliphatic rings. The molecule has 0 aliphatic heterocycles. The molecule has 148 valence electrons. The number of aliphatic imine (C=N–C) groups is 1. The largest absolute Gasteiger partial charge is 0.416 e. The molecule has 1 rings (SSSR count). The van der Waals surface area contributed by atoms with Gasteiger partial charge in [0, 0.05) is 33.9 Å². The van der Waals surface area contributed by atoms with Gasteiger partial charge in [-0.1, -0.05) is 12.1 Å². The molecule has 2 N–H and O–H groups in total. The Morgan fingerprint density at radius 3 is 2.31 bits per heavy atom. The Labute approximate surface area is 153 Å². The molecule has 1 aromatic carbocycles. The zero-order valence-electron chi connectivity index (χ0n) is 15.4. The number of nitrogens with one attached hydrogen (secondary N) is 2. The average molecular weight is 375 g/mol. The maximum absolute atomic E-state index is 12.5. The van der Waals surface area contributed by atoms with Gasteiger partial charge in [-0.2, -0.15) is 13.2 Å². The Kier molecular flexibility index (Phi) is 10.7. The zero-order chi connectivity index (χ0) is 19.3. The lowest BCUT2D eigenvalue weighted by Crippen LogP contribution is -2.38. The second-order valence-electron chi connectivity index (χ2n) is 5.68. The van der Waals surface area contributed by atoms with Crippen LogP contribution in [0.1, 0.15) is 24.0 Å². The highest BCUT2D eigenvalue weighted by atomic mass is 19.4. The molecule has 0 saturated heterocycles. The number of unbranched alkanes of at least 4 members (excludes halogenated alkanes) is 1. The summed E-state index contributed by atoms with van der Waals surface area (Å²) < 4.78 is 47.8. The summed E-state index contributed by atoms with van der Waals surface area (Å²) in [5, 5.41) is 6.35. The van der Waals surface area contributed by atoms with E-state index in [2.05, 4.69) is 15.6 Å². The topological polar surface area (TPSA) is 54.9 Å². The van der Waals surface area contributed by atoms with Crippen LogP contribution in [-0.4, -0.2) is 53.0 Å².